The largest absolute Gasteiger partial charge is 0.335 e. The smallest absolute Gasteiger partial charge is 0.321 e. The molecule has 1 atom stereocenters. The number of thiazole rings is 1. The molecule has 0 bridgehead atoms. The van der Waals surface area contributed by atoms with Gasteiger partial charge in [0.25, 0.3) is 0 Å². The summed E-state index contributed by atoms with van der Waals surface area (Å²) in [4.78, 5) is 26.2. The minimum atomic E-state index is -3.42. The molecule has 3 aromatic carbocycles. The van der Waals surface area contributed by atoms with Gasteiger partial charge in [0.15, 0.2) is 5.13 Å². The van der Waals surface area contributed by atoms with Crippen molar-refractivity contribution < 1.29 is 22.0 Å². The van der Waals surface area contributed by atoms with Crippen molar-refractivity contribution in [3.8, 4) is 11.3 Å². The van der Waals surface area contributed by atoms with E-state index in [0.717, 1.165) is 28.7 Å². The average molecular weight is 683 g/mol. The van der Waals surface area contributed by atoms with Crippen molar-refractivity contribution in [3.63, 3.8) is 0 Å². The van der Waals surface area contributed by atoms with Crippen molar-refractivity contribution in [1.29, 1.82) is 0 Å². The Labute approximate surface area is 274 Å². The summed E-state index contributed by atoms with van der Waals surface area (Å²) in [5.41, 5.74) is 3.88. The summed E-state index contributed by atoms with van der Waals surface area (Å²) >= 11 is 7.54. The number of urea groups is 1. The van der Waals surface area contributed by atoms with Crippen molar-refractivity contribution in [2.24, 2.45) is 0 Å². The van der Waals surface area contributed by atoms with Crippen LogP contribution in [0.4, 0.5) is 24.4 Å². The van der Waals surface area contributed by atoms with Gasteiger partial charge in [-0.1, -0.05) is 59.3 Å². The van der Waals surface area contributed by atoms with Gasteiger partial charge in [-0.15, -0.1) is 0 Å². The van der Waals surface area contributed by atoms with E-state index in [4.69, 9.17) is 11.6 Å². The van der Waals surface area contributed by atoms with E-state index in [1.54, 1.807) is 67.1 Å². The highest BCUT2D eigenvalue weighted by Crippen LogP contribution is 2.36. The van der Waals surface area contributed by atoms with Crippen LogP contribution in [0.15, 0.2) is 91.4 Å². The molecule has 0 aliphatic heterocycles. The van der Waals surface area contributed by atoms with Gasteiger partial charge in [0.05, 0.1) is 11.9 Å². The van der Waals surface area contributed by atoms with Gasteiger partial charge >= 0.3 is 6.03 Å². The lowest BCUT2D eigenvalue weighted by molar-refractivity contribution is 0.247. The molecular weight excluding hydrogens is 654 g/mol. The van der Waals surface area contributed by atoms with Crippen molar-refractivity contribution in [2.75, 3.05) is 16.3 Å². The van der Waals surface area contributed by atoms with Gasteiger partial charge in [-0.2, -0.15) is 0 Å². The van der Waals surface area contributed by atoms with Crippen LogP contribution in [0.3, 0.4) is 0 Å². The predicted octanol–water partition coefficient (Wildman–Crippen LogP) is 7.25. The van der Waals surface area contributed by atoms with Crippen LogP contribution in [0, 0.1) is 11.6 Å². The van der Waals surface area contributed by atoms with Crippen molar-refractivity contribution in [3.05, 3.63) is 124 Å². The lowest BCUT2D eigenvalue weighted by atomic mass is 9.86. The number of aromatic nitrogens is 3. The fourth-order valence-electron chi connectivity index (χ4n) is 4.96. The second-order valence-electron chi connectivity index (χ2n) is 10.5. The number of halogens is 3. The number of hydrogen-bond acceptors (Lipinski definition) is 7. The van der Waals surface area contributed by atoms with E-state index in [0.29, 0.717) is 46.2 Å². The summed E-state index contributed by atoms with van der Waals surface area (Å²) in [6.45, 7) is 0. The molecule has 3 N–H and O–H groups in total. The second-order valence-corrected chi connectivity index (χ2v) is 13.9. The summed E-state index contributed by atoms with van der Waals surface area (Å²) in [6, 6.07) is 18.0. The Morgan fingerprint density at radius 3 is 2.11 bits per heavy atom. The number of anilines is 2. The molecule has 14 heteroatoms. The molecule has 2 aromatic heterocycles. The topological polar surface area (TPSA) is 126 Å². The zero-order valence-electron chi connectivity index (χ0n) is 24.5. The van der Waals surface area contributed by atoms with Crippen molar-refractivity contribution in [2.45, 2.75) is 31.2 Å². The molecule has 0 fully saturated rings. The van der Waals surface area contributed by atoms with Gasteiger partial charge in [-0.3, -0.25) is 20.0 Å². The van der Waals surface area contributed by atoms with Gasteiger partial charge in [0.1, 0.15) is 21.7 Å². The van der Waals surface area contributed by atoms with Crippen LogP contribution in [0.1, 0.15) is 35.6 Å². The quantitative estimate of drug-likeness (QED) is 0.127. The SMILES string of the molecule is CS(=O)(=O)Nc1ccc(-c2nc(NC(=O)NC(CCC(c3ccc(F)cc3)c3ccc(F)cc3)Cc3cnccn3)sc2Cl)cc1. The minimum Gasteiger partial charge on any atom is -0.335 e. The molecule has 2 heterocycles. The number of carbonyl (C=O) groups excluding carboxylic acids is 1. The van der Waals surface area contributed by atoms with E-state index in [-0.39, 0.29) is 28.7 Å². The Kier molecular flexibility index (Phi) is 10.6. The third-order valence-electron chi connectivity index (χ3n) is 7.02. The molecule has 0 saturated carbocycles. The molecule has 0 spiro atoms. The summed E-state index contributed by atoms with van der Waals surface area (Å²) in [6.07, 6.45) is 7.29. The van der Waals surface area contributed by atoms with Gasteiger partial charge < -0.3 is 5.32 Å². The third-order valence-corrected chi connectivity index (χ3v) is 8.80. The van der Waals surface area contributed by atoms with Crippen LogP contribution in [0.25, 0.3) is 11.3 Å². The van der Waals surface area contributed by atoms with Gasteiger partial charge in [-0.05, 0) is 60.4 Å². The molecular formula is C32H29ClF2N6O3S2. The first-order valence-electron chi connectivity index (χ1n) is 14.1. The molecule has 0 radical (unpaired) electrons. The van der Waals surface area contributed by atoms with Crippen LogP contribution in [0.5, 0.6) is 0 Å². The Balaban J connectivity index is 1.31. The zero-order chi connectivity index (χ0) is 32.7. The number of carbonyl (C=O) groups is 1. The molecule has 5 rings (SSSR count). The Hall–Kier alpha value is -4.46. The van der Waals surface area contributed by atoms with E-state index in [1.807, 2.05) is 0 Å². The summed E-state index contributed by atoms with van der Waals surface area (Å²) in [5.74, 6) is -0.895. The molecule has 2 amide bonds. The molecule has 238 valence electrons. The summed E-state index contributed by atoms with van der Waals surface area (Å²) < 4.78 is 53.2. The maximum atomic E-state index is 13.7. The molecule has 9 nitrogen and oxygen atoms in total. The monoisotopic (exact) mass is 682 g/mol. The number of rotatable bonds is 12. The fraction of sp³-hybridized carbons (Fsp3) is 0.188. The van der Waals surface area contributed by atoms with Crippen molar-refractivity contribution in [1.82, 2.24) is 20.3 Å². The minimum absolute atomic E-state index is 0.185. The van der Waals surface area contributed by atoms with Crippen LogP contribution in [0.2, 0.25) is 4.34 Å². The highest BCUT2D eigenvalue weighted by atomic mass is 35.5. The van der Waals surface area contributed by atoms with Crippen LogP contribution >= 0.6 is 22.9 Å². The number of sulfonamides is 1. The number of hydrogen-bond donors (Lipinski definition) is 3. The number of nitrogens with zero attached hydrogens (tertiary/aromatic N) is 3. The summed E-state index contributed by atoms with van der Waals surface area (Å²) in [7, 11) is -3.42. The highest BCUT2D eigenvalue weighted by molar-refractivity contribution is 7.92. The molecule has 1 unspecified atom stereocenters. The first-order chi connectivity index (χ1) is 22.0. The normalized spacial score (nSPS) is 12.1. The first kappa shape index (κ1) is 32.9. The number of amides is 2. The van der Waals surface area contributed by atoms with E-state index in [1.165, 1.54) is 24.3 Å². The predicted molar refractivity (Wildman–Crippen MR) is 177 cm³/mol. The molecule has 0 aliphatic carbocycles. The van der Waals surface area contributed by atoms with Crippen molar-refractivity contribution >= 4 is 49.8 Å². The molecule has 0 saturated heterocycles. The van der Waals surface area contributed by atoms with E-state index in [2.05, 4.69) is 30.3 Å². The Morgan fingerprint density at radius 2 is 1.54 bits per heavy atom. The van der Waals surface area contributed by atoms with Gasteiger partial charge in [0, 0.05) is 48.2 Å². The Bertz CT molecular complexity index is 1830. The highest BCUT2D eigenvalue weighted by Gasteiger charge is 2.21. The maximum Gasteiger partial charge on any atom is 0.321 e. The molecule has 5 aromatic rings. The van der Waals surface area contributed by atoms with Gasteiger partial charge in [0.2, 0.25) is 10.0 Å². The van der Waals surface area contributed by atoms with Crippen LogP contribution < -0.4 is 15.4 Å². The molecule has 46 heavy (non-hydrogen) atoms. The Morgan fingerprint density at radius 1 is 0.913 bits per heavy atom. The number of nitrogens with one attached hydrogen (secondary N) is 3. The lowest BCUT2D eigenvalue weighted by Gasteiger charge is -2.23. The zero-order valence-corrected chi connectivity index (χ0v) is 26.8. The number of benzene rings is 3. The van der Waals surface area contributed by atoms with Crippen LogP contribution in [-0.4, -0.2) is 41.7 Å². The fourth-order valence-corrected chi connectivity index (χ4v) is 6.60. The van der Waals surface area contributed by atoms with Gasteiger partial charge in [-0.25, -0.2) is 27.0 Å². The maximum absolute atomic E-state index is 13.7. The third kappa shape index (κ3) is 9.28. The van der Waals surface area contributed by atoms with Crippen LogP contribution in [-0.2, 0) is 16.4 Å². The lowest BCUT2D eigenvalue weighted by Crippen LogP contribution is -2.39. The second kappa shape index (κ2) is 14.8. The van der Waals surface area contributed by atoms with E-state index < -0.39 is 16.1 Å². The van der Waals surface area contributed by atoms with E-state index >= 15 is 0 Å². The first-order valence-corrected chi connectivity index (χ1v) is 17.2. The standard InChI is InChI=1S/C32H29ClF2N6O3S2/c1-46(43,44)41-25-12-6-22(7-13-25)29-30(33)45-32(39-29)40-31(42)38-26(18-27-19-36-16-17-37-27)14-15-28(20-2-8-23(34)9-3-20)21-4-10-24(35)11-5-21/h2-13,16-17,19,26,28,41H,14-15,18H2,1H3,(H2,38,39,40,42). The van der Waals surface area contributed by atoms with E-state index in [9.17, 15) is 22.0 Å². The summed E-state index contributed by atoms with van der Waals surface area (Å²) in [5, 5.41) is 6.03. The molecule has 0 aliphatic rings. The average Bonchev–Trinajstić information content (AvgIpc) is 3.38.